The molecule has 1 unspecified atom stereocenters. The maximum atomic E-state index is 12.0. The van der Waals surface area contributed by atoms with E-state index in [9.17, 15) is 4.21 Å². The fourth-order valence-corrected chi connectivity index (χ4v) is 2.63. The van der Waals surface area contributed by atoms with Gasteiger partial charge in [-0.3, -0.25) is 0 Å². The highest BCUT2D eigenvalue weighted by Gasteiger charge is 2.03. The van der Waals surface area contributed by atoms with E-state index in [2.05, 4.69) is 27.3 Å². The lowest BCUT2D eigenvalue weighted by atomic mass is 10.2. The molecule has 2 aromatic rings. The topological polar surface area (TPSA) is 29.1 Å². The molecule has 0 spiro atoms. The molecule has 88 valence electrons. The molecule has 0 bridgehead atoms. The van der Waals surface area contributed by atoms with E-state index in [1.54, 1.807) is 0 Å². The summed E-state index contributed by atoms with van der Waals surface area (Å²) in [6.45, 7) is 2.01. The maximum absolute atomic E-state index is 12.0. The molecular formula is C13H12INOS. The van der Waals surface area contributed by atoms with Gasteiger partial charge in [-0.1, -0.05) is 12.1 Å². The minimum absolute atomic E-state index is 0.784. The molecule has 0 saturated carbocycles. The van der Waals surface area contributed by atoms with Crippen molar-refractivity contribution in [3.8, 4) is 0 Å². The molecule has 2 rings (SSSR count). The van der Waals surface area contributed by atoms with Crippen molar-refractivity contribution in [2.45, 2.75) is 11.8 Å². The second-order valence-electron chi connectivity index (χ2n) is 3.69. The summed E-state index contributed by atoms with van der Waals surface area (Å²) in [5.41, 5.74) is 2.02. The number of halogens is 1. The van der Waals surface area contributed by atoms with Gasteiger partial charge < -0.3 is 4.72 Å². The fraction of sp³-hybridized carbons (Fsp3) is 0.0769. The van der Waals surface area contributed by atoms with E-state index in [0.717, 1.165) is 19.7 Å². The summed E-state index contributed by atoms with van der Waals surface area (Å²) in [4.78, 5) is 0.784. The Morgan fingerprint density at radius 2 is 1.82 bits per heavy atom. The van der Waals surface area contributed by atoms with Gasteiger partial charge in [0.2, 0.25) is 0 Å². The minimum Gasteiger partial charge on any atom is -0.301 e. The van der Waals surface area contributed by atoms with Gasteiger partial charge in [-0.15, -0.1) is 0 Å². The van der Waals surface area contributed by atoms with E-state index in [0.29, 0.717) is 0 Å². The molecule has 0 radical (unpaired) electrons. The van der Waals surface area contributed by atoms with Gasteiger partial charge in [0.25, 0.3) is 0 Å². The van der Waals surface area contributed by atoms with Crippen LogP contribution in [0, 0.1) is 10.5 Å². The number of hydrogen-bond donors (Lipinski definition) is 1. The van der Waals surface area contributed by atoms with Gasteiger partial charge in [0.05, 0.1) is 4.90 Å². The van der Waals surface area contributed by atoms with E-state index in [4.69, 9.17) is 0 Å². The first-order valence-electron chi connectivity index (χ1n) is 5.16. The SMILES string of the molecule is Cc1cccc(NS(=O)c2ccc(I)cc2)c1. The number of hydrogen-bond acceptors (Lipinski definition) is 1. The van der Waals surface area contributed by atoms with Crippen LogP contribution in [0.25, 0.3) is 0 Å². The largest absolute Gasteiger partial charge is 0.301 e. The number of aryl methyl sites for hydroxylation is 1. The first-order chi connectivity index (χ1) is 8.15. The van der Waals surface area contributed by atoms with E-state index in [-0.39, 0.29) is 0 Å². The zero-order valence-electron chi connectivity index (χ0n) is 9.31. The summed E-state index contributed by atoms with van der Waals surface area (Å²) < 4.78 is 16.2. The lowest BCUT2D eigenvalue weighted by Crippen LogP contribution is -2.04. The number of anilines is 1. The smallest absolute Gasteiger partial charge is 0.150 e. The zero-order valence-corrected chi connectivity index (χ0v) is 12.3. The Morgan fingerprint density at radius 3 is 2.47 bits per heavy atom. The second-order valence-corrected chi connectivity index (χ2v) is 6.15. The molecule has 0 saturated heterocycles. The van der Waals surface area contributed by atoms with Gasteiger partial charge in [-0.05, 0) is 71.5 Å². The summed E-state index contributed by atoms with van der Waals surface area (Å²) >= 11 is 2.23. The first kappa shape index (κ1) is 12.6. The highest BCUT2D eigenvalue weighted by molar-refractivity contribution is 14.1. The molecule has 0 fully saturated rings. The van der Waals surface area contributed by atoms with Crippen LogP contribution in [-0.2, 0) is 11.0 Å². The highest BCUT2D eigenvalue weighted by Crippen LogP contribution is 2.15. The molecule has 4 heteroatoms. The van der Waals surface area contributed by atoms with E-state index >= 15 is 0 Å². The molecule has 0 heterocycles. The van der Waals surface area contributed by atoms with Crippen molar-refractivity contribution in [2.24, 2.45) is 0 Å². The summed E-state index contributed by atoms with van der Waals surface area (Å²) in [6, 6.07) is 15.5. The van der Waals surface area contributed by atoms with Gasteiger partial charge in [0.1, 0.15) is 11.0 Å². The van der Waals surface area contributed by atoms with E-state index in [1.807, 2.05) is 55.5 Å². The Labute approximate surface area is 117 Å². The predicted octanol–water partition coefficient (Wildman–Crippen LogP) is 3.73. The van der Waals surface area contributed by atoms with Crippen molar-refractivity contribution >= 4 is 39.3 Å². The Kier molecular flexibility index (Phi) is 4.17. The van der Waals surface area contributed by atoms with Crippen molar-refractivity contribution in [1.82, 2.24) is 0 Å². The standard InChI is InChI=1S/C13H12INOS/c1-10-3-2-4-12(9-10)15-17(16)13-7-5-11(14)6-8-13/h2-9,15H,1H3. The molecular weight excluding hydrogens is 345 g/mol. The van der Waals surface area contributed by atoms with Gasteiger partial charge in [0, 0.05) is 9.26 Å². The monoisotopic (exact) mass is 357 g/mol. The minimum atomic E-state index is -1.20. The van der Waals surface area contributed by atoms with E-state index < -0.39 is 11.0 Å². The summed E-state index contributed by atoms with van der Waals surface area (Å²) in [5.74, 6) is 0. The second kappa shape index (κ2) is 5.64. The van der Waals surface area contributed by atoms with Crippen LogP contribution in [-0.4, -0.2) is 4.21 Å². The van der Waals surface area contributed by atoms with Crippen LogP contribution >= 0.6 is 22.6 Å². The number of benzene rings is 2. The van der Waals surface area contributed by atoms with Crippen LogP contribution in [0.1, 0.15) is 5.56 Å². The van der Waals surface area contributed by atoms with Gasteiger partial charge in [-0.2, -0.15) is 0 Å². The van der Waals surface area contributed by atoms with E-state index in [1.165, 1.54) is 0 Å². The quantitative estimate of drug-likeness (QED) is 0.834. The summed E-state index contributed by atoms with van der Waals surface area (Å²) in [7, 11) is -1.20. The zero-order chi connectivity index (χ0) is 12.3. The van der Waals surface area contributed by atoms with Crippen LogP contribution < -0.4 is 4.72 Å². The van der Waals surface area contributed by atoms with Crippen molar-refractivity contribution in [2.75, 3.05) is 4.72 Å². The van der Waals surface area contributed by atoms with Crippen molar-refractivity contribution in [3.05, 3.63) is 57.7 Å². The Hall–Kier alpha value is -0.880. The third kappa shape index (κ3) is 3.54. The molecule has 0 aliphatic heterocycles. The third-order valence-electron chi connectivity index (χ3n) is 2.26. The van der Waals surface area contributed by atoms with Crippen LogP contribution in [0.3, 0.4) is 0 Å². The van der Waals surface area contributed by atoms with Gasteiger partial charge >= 0.3 is 0 Å². The van der Waals surface area contributed by atoms with Gasteiger partial charge in [-0.25, -0.2) is 4.21 Å². The summed E-state index contributed by atoms with van der Waals surface area (Å²) in [5, 5.41) is 0. The fourth-order valence-electron chi connectivity index (χ4n) is 1.43. The van der Waals surface area contributed by atoms with Gasteiger partial charge in [0.15, 0.2) is 0 Å². The average Bonchev–Trinajstić information content (AvgIpc) is 2.29. The Morgan fingerprint density at radius 1 is 1.12 bits per heavy atom. The van der Waals surface area contributed by atoms with Crippen LogP contribution in [0.4, 0.5) is 5.69 Å². The summed E-state index contributed by atoms with van der Waals surface area (Å²) in [6.07, 6.45) is 0. The molecule has 0 aliphatic rings. The lowest BCUT2D eigenvalue weighted by Gasteiger charge is -2.06. The molecule has 17 heavy (non-hydrogen) atoms. The van der Waals surface area contributed by atoms with Crippen molar-refractivity contribution < 1.29 is 4.21 Å². The number of rotatable bonds is 3. The Balaban J connectivity index is 2.14. The average molecular weight is 357 g/mol. The molecule has 1 atom stereocenters. The van der Waals surface area contributed by atoms with Crippen molar-refractivity contribution in [3.63, 3.8) is 0 Å². The molecule has 2 aromatic carbocycles. The third-order valence-corrected chi connectivity index (χ3v) is 4.10. The van der Waals surface area contributed by atoms with Crippen LogP contribution in [0.2, 0.25) is 0 Å². The van der Waals surface area contributed by atoms with Crippen LogP contribution in [0.5, 0.6) is 0 Å². The van der Waals surface area contributed by atoms with Crippen LogP contribution in [0.15, 0.2) is 53.4 Å². The number of nitrogens with one attached hydrogen (secondary N) is 1. The van der Waals surface area contributed by atoms with Crippen molar-refractivity contribution in [1.29, 1.82) is 0 Å². The predicted molar refractivity (Wildman–Crippen MR) is 80.4 cm³/mol. The maximum Gasteiger partial charge on any atom is 0.150 e. The molecule has 1 N–H and O–H groups in total. The Bertz CT molecular complexity index is 539. The molecule has 0 aliphatic carbocycles. The molecule has 0 amide bonds. The normalized spacial score (nSPS) is 12.1. The first-order valence-corrected chi connectivity index (χ1v) is 7.39. The highest BCUT2D eigenvalue weighted by atomic mass is 127. The molecule has 2 nitrogen and oxygen atoms in total. The molecule has 0 aromatic heterocycles. The lowest BCUT2D eigenvalue weighted by molar-refractivity contribution is 0.686.